The zero-order valence-corrected chi connectivity index (χ0v) is 12.9. The third-order valence-corrected chi connectivity index (χ3v) is 4.59. The Morgan fingerprint density at radius 1 is 1.37 bits per heavy atom. The first-order valence-corrected chi connectivity index (χ1v) is 8.19. The Bertz CT molecular complexity index is 508. The minimum atomic E-state index is 0.113. The molecule has 0 bridgehead atoms. The number of thioether (sulfide) groups is 1. The van der Waals surface area contributed by atoms with Crippen LogP contribution in [-0.4, -0.2) is 10.7 Å². The van der Waals surface area contributed by atoms with Crippen molar-refractivity contribution in [2.24, 2.45) is 5.84 Å². The second kappa shape index (κ2) is 7.05. The van der Waals surface area contributed by atoms with Crippen molar-refractivity contribution in [1.82, 2.24) is 10.4 Å². The van der Waals surface area contributed by atoms with Crippen molar-refractivity contribution < 1.29 is 0 Å². The van der Waals surface area contributed by atoms with Crippen molar-refractivity contribution >= 4 is 23.1 Å². The molecule has 1 unspecified atom stereocenters. The number of aryl methyl sites for hydroxylation is 1. The molecule has 102 valence electrons. The van der Waals surface area contributed by atoms with Crippen LogP contribution in [0.5, 0.6) is 0 Å². The van der Waals surface area contributed by atoms with E-state index in [2.05, 4.69) is 47.0 Å². The van der Waals surface area contributed by atoms with Crippen LogP contribution in [0.1, 0.15) is 29.2 Å². The summed E-state index contributed by atoms with van der Waals surface area (Å²) < 4.78 is 0. The predicted molar refractivity (Wildman–Crippen MR) is 83.5 cm³/mol. The molecule has 0 aliphatic rings. The molecule has 0 aliphatic carbocycles. The summed E-state index contributed by atoms with van der Waals surface area (Å²) in [6, 6.07) is 8.70. The average molecular weight is 293 g/mol. The molecule has 1 aromatic heterocycles. The molecule has 0 amide bonds. The van der Waals surface area contributed by atoms with Gasteiger partial charge in [-0.1, -0.05) is 19.1 Å². The minimum absolute atomic E-state index is 0.113. The SMILES string of the molecule is CCSc1ccc(C(Cc2csc(C)n2)NN)cc1. The van der Waals surface area contributed by atoms with Crippen LogP contribution in [0.3, 0.4) is 0 Å². The van der Waals surface area contributed by atoms with Crippen molar-refractivity contribution in [2.45, 2.75) is 31.2 Å². The summed E-state index contributed by atoms with van der Waals surface area (Å²) in [6.45, 7) is 4.18. The molecule has 2 rings (SSSR count). The van der Waals surface area contributed by atoms with Gasteiger partial charge in [0, 0.05) is 16.7 Å². The average Bonchev–Trinajstić information content (AvgIpc) is 2.83. The Morgan fingerprint density at radius 2 is 2.11 bits per heavy atom. The van der Waals surface area contributed by atoms with Crippen molar-refractivity contribution in [2.75, 3.05) is 5.75 Å². The van der Waals surface area contributed by atoms with Crippen LogP contribution < -0.4 is 11.3 Å². The number of nitrogens with zero attached hydrogens (tertiary/aromatic N) is 1. The van der Waals surface area contributed by atoms with Gasteiger partial charge in [-0.3, -0.25) is 11.3 Å². The second-order valence-electron chi connectivity index (χ2n) is 4.28. The van der Waals surface area contributed by atoms with E-state index in [0.29, 0.717) is 0 Å². The first kappa shape index (κ1) is 14.5. The molecule has 0 spiro atoms. The third kappa shape index (κ3) is 4.04. The van der Waals surface area contributed by atoms with Crippen molar-refractivity contribution in [3.8, 4) is 0 Å². The van der Waals surface area contributed by atoms with E-state index in [1.807, 2.05) is 18.7 Å². The van der Waals surface area contributed by atoms with Gasteiger partial charge in [0.15, 0.2) is 0 Å². The zero-order chi connectivity index (χ0) is 13.7. The summed E-state index contributed by atoms with van der Waals surface area (Å²) in [4.78, 5) is 5.79. The van der Waals surface area contributed by atoms with Gasteiger partial charge in [-0.15, -0.1) is 23.1 Å². The molecule has 1 heterocycles. The van der Waals surface area contributed by atoms with Crippen LogP contribution in [-0.2, 0) is 6.42 Å². The van der Waals surface area contributed by atoms with E-state index in [1.54, 1.807) is 11.3 Å². The lowest BCUT2D eigenvalue weighted by Crippen LogP contribution is -2.29. The summed E-state index contributed by atoms with van der Waals surface area (Å²) in [5.41, 5.74) is 5.18. The van der Waals surface area contributed by atoms with Crippen LogP contribution in [0.4, 0.5) is 0 Å². The Balaban J connectivity index is 2.08. The summed E-state index contributed by atoms with van der Waals surface area (Å²) in [7, 11) is 0. The number of nitrogens with one attached hydrogen (secondary N) is 1. The molecule has 1 aromatic carbocycles. The van der Waals surface area contributed by atoms with E-state index in [0.717, 1.165) is 22.9 Å². The fourth-order valence-corrected chi connectivity index (χ4v) is 3.23. The van der Waals surface area contributed by atoms with E-state index >= 15 is 0 Å². The summed E-state index contributed by atoms with van der Waals surface area (Å²) in [6.07, 6.45) is 0.821. The number of hydrazine groups is 1. The van der Waals surface area contributed by atoms with Crippen LogP contribution in [0, 0.1) is 6.92 Å². The molecule has 19 heavy (non-hydrogen) atoms. The number of hydrogen-bond acceptors (Lipinski definition) is 5. The van der Waals surface area contributed by atoms with Crippen molar-refractivity contribution in [1.29, 1.82) is 0 Å². The Labute approximate surface area is 122 Å². The molecule has 2 aromatic rings. The van der Waals surface area contributed by atoms with E-state index in [-0.39, 0.29) is 6.04 Å². The standard InChI is InChI=1S/C14H19N3S2/c1-3-18-13-6-4-11(5-7-13)14(17-15)8-12-9-19-10(2)16-12/h4-7,9,14,17H,3,8,15H2,1-2H3. The van der Waals surface area contributed by atoms with Crippen molar-refractivity contribution in [3.05, 3.63) is 45.9 Å². The van der Waals surface area contributed by atoms with Gasteiger partial charge in [0.05, 0.1) is 16.7 Å². The summed E-state index contributed by atoms with van der Waals surface area (Å²) in [5.74, 6) is 6.77. The molecule has 3 N–H and O–H groups in total. The van der Waals surface area contributed by atoms with Crippen LogP contribution in [0.25, 0.3) is 0 Å². The smallest absolute Gasteiger partial charge is 0.0897 e. The number of aromatic nitrogens is 1. The van der Waals surface area contributed by atoms with E-state index < -0.39 is 0 Å². The fraction of sp³-hybridized carbons (Fsp3) is 0.357. The normalized spacial score (nSPS) is 12.6. The van der Waals surface area contributed by atoms with Crippen LogP contribution in [0.2, 0.25) is 0 Å². The number of nitrogens with two attached hydrogens (primary N) is 1. The molecule has 3 nitrogen and oxygen atoms in total. The molecule has 0 fully saturated rings. The Hall–Kier alpha value is -0.880. The highest BCUT2D eigenvalue weighted by Gasteiger charge is 2.12. The Morgan fingerprint density at radius 3 is 2.63 bits per heavy atom. The van der Waals surface area contributed by atoms with Gasteiger partial charge in [0.1, 0.15) is 0 Å². The van der Waals surface area contributed by atoms with E-state index in [4.69, 9.17) is 5.84 Å². The minimum Gasteiger partial charge on any atom is -0.271 e. The van der Waals surface area contributed by atoms with Gasteiger partial charge >= 0.3 is 0 Å². The first-order valence-electron chi connectivity index (χ1n) is 6.32. The quantitative estimate of drug-likeness (QED) is 0.487. The van der Waals surface area contributed by atoms with E-state index in [9.17, 15) is 0 Å². The lowest BCUT2D eigenvalue weighted by Gasteiger charge is -2.15. The largest absolute Gasteiger partial charge is 0.271 e. The summed E-state index contributed by atoms with van der Waals surface area (Å²) >= 11 is 3.53. The highest BCUT2D eigenvalue weighted by Crippen LogP contribution is 2.23. The highest BCUT2D eigenvalue weighted by molar-refractivity contribution is 7.99. The topological polar surface area (TPSA) is 50.9 Å². The van der Waals surface area contributed by atoms with Gasteiger partial charge in [0.25, 0.3) is 0 Å². The lowest BCUT2D eigenvalue weighted by atomic mass is 10.0. The van der Waals surface area contributed by atoms with Gasteiger partial charge in [0.2, 0.25) is 0 Å². The van der Waals surface area contributed by atoms with Crippen LogP contribution >= 0.6 is 23.1 Å². The van der Waals surface area contributed by atoms with Crippen LogP contribution in [0.15, 0.2) is 34.5 Å². The molecular weight excluding hydrogens is 274 g/mol. The highest BCUT2D eigenvalue weighted by atomic mass is 32.2. The molecule has 0 saturated heterocycles. The molecule has 1 atom stereocenters. The number of benzene rings is 1. The molecule has 0 aliphatic heterocycles. The molecule has 0 radical (unpaired) electrons. The zero-order valence-electron chi connectivity index (χ0n) is 11.2. The maximum absolute atomic E-state index is 5.68. The van der Waals surface area contributed by atoms with E-state index in [1.165, 1.54) is 10.5 Å². The molecule has 0 saturated carbocycles. The maximum Gasteiger partial charge on any atom is 0.0897 e. The van der Waals surface area contributed by atoms with Gasteiger partial charge in [-0.05, 0) is 30.4 Å². The molecule has 5 heteroatoms. The van der Waals surface area contributed by atoms with Gasteiger partial charge < -0.3 is 0 Å². The lowest BCUT2D eigenvalue weighted by molar-refractivity contribution is 0.546. The number of hydrogen-bond donors (Lipinski definition) is 2. The number of thiazole rings is 1. The van der Waals surface area contributed by atoms with Gasteiger partial charge in [-0.25, -0.2) is 4.98 Å². The Kier molecular flexibility index (Phi) is 5.39. The molecular formula is C14H19N3S2. The second-order valence-corrected chi connectivity index (χ2v) is 6.68. The monoisotopic (exact) mass is 293 g/mol. The fourth-order valence-electron chi connectivity index (χ4n) is 1.95. The maximum atomic E-state index is 5.68. The first-order chi connectivity index (χ1) is 9.22. The van der Waals surface area contributed by atoms with Gasteiger partial charge in [-0.2, -0.15) is 0 Å². The number of rotatable bonds is 6. The van der Waals surface area contributed by atoms with Crippen molar-refractivity contribution in [3.63, 3.8) is 0 Å². The summed E-state index contributed by atoms with van der Waals surface area (Å²) in [5, 5.41) is 3.20. The predicted octanol–water partition coefficient (Wildman–Crippen LogP) is 3.31. The third-order valence-electron chi connectivity index (χ3n) is 2.87.